The number of aliphatic hydroxyl groups excluding tert-OH is 1. The molecular weight excluding hydrogens is 350 g/mol. The van der Waals surface area contributed by atoms with Crippen LogP contribution in [-0.4, -0.2) is 83.5 Å². The zero-order valence-corrected chi connectivity index (χ0v) is 15.2. The fourth-order valence-corrected chi connectivity index (χ4v) is 3.38. The highest BCUT2D eigenvalue weighted by molar-refractivity contribution is 6.00. The van der Waals surface area contributed by atoms with Crippen molar-refractivity contribution in [3.05, 3.63) is 24.0 Å². The highest BCUT2D eigenvalue weighted by atomic mass is 16.3. The molecule has 0 radical (unpaired) electrons. The van der Waals surface area contributed by atoms with Crippen molar-refractivity contribution in [2.75, 3.05) is 51.2 Å². The van der Waals surface area contributed by atoms with Crippen LogP contribution in [-0.2, 0) is 14.4 Å². The molecule has 9 heteroatoms. The van der Waals surface area contributed by atoms with Crippen LogP contribution in [0.5, 0.6) is 0 Å². The first-order chi connectivity index (χ1) is 13.0. The molecule has 1 atom stereocenters. The van der Waals surface area contributed by atoms with Crippen molar-refractivity contribution < 1.29 is 19.5 Å². The second kappa shape index (κ2) is 9.03. The lowest BCUT2D eigenvalue weighted by Crippen LogP contribution is -2.49. The standard InChI is InChI=1S/C18H25N5O4/c24-10-9-22-5-7-23(8-6-22)12-17(26)20-13-1-3-15(19-11-13)14-2-4-16(25)21-18(14)27/h1,3,11,14,24H,2,4-10,12H2,(H,20,26)(H,21,25,27). The zero-order chi connectivity index (χ0) is 19.2. The number of hydrogen-bond acceptors (Lipinski definition) is 7. The first kappa shape index (κ1) is 19.4. The lowest BCUT2D eigenvalue weighted by Gasteiger charge is -2.33. The molecule has 146 valence electrons. The Balaban J connectivity index is 1.47. The minimum atomic E-state index is -0.428. The second-order valence-electron chi connectivity index (χ2n) is 6.86. The number of carbonyl (C=O) groups excluding carboxylic acids is 3. The minimum Gasteiger partial charge on any atom is -0.395 e. The Bertz CT molecular complexity index is 685. The summed E-state index contributed by atoms with van der Waals surface area (Å²) >= 11 is 0. The number of hydrogen-bond donors (Lipinski definition) is 3. The summed E-state index contributed by atoms with van der Waals surface area (Å²) in [7, 11) is 0. The first-order valence-electron chi connectivity index (χ1n) is 9.20. The number of nitrogens with one attached hydrogen (secondary N) is 2. The minimum absolute atomic E-state index is 0.110. The van der Waals surface area contributed by atoms with Gasteiger partial charge in [0, 0.05) is 39.1 Å². The molecule has 2 fully saturated rings. The number of piperidine rings is 1. The van der Waals surface area contributed by atoms with Gasteiger partial charge in [0.25, 0.3) is 0 Å². The van der Waals surface area contributed by atoms with Gasteiger partial charge in [-0.1, -0.05) is 0 Å². The van der Waals surface area contributed by atoms with E-state index in [1.807, 2.05) is 0 Å². The highest BCUT2D eigenvalue weighted by Gasteiger charge is 2.28. The molecule has 3 amide bonds. The van der Waals surface area contributed by atoms with Gasteiger partial charge in [0.1, 0.15) is 0 Å². The average molecular weight is 375 g/mol. The third-order valence-electron chi connectivity index (χ3n) is 4.91. The Labute approximate surface area is 157 Å². The topological polar surface area (TPSA) is 115 Å². The van der Waals surface area contributed by atoms with Gasteiger partial charge in [0.2, 0.25) is 17.7 Å². The molecule has 2 aliphatic rings. The molecular formula is C18H25N5O4. The van der Waals surface area contributed by atoms with E-state index in [9.17, 15) is 14.4 Å². The smallest absolute Gasteiger partial charge is 0.238 e. The summed E-state index contributed by atoms with van der Waals surface area (Å²) in [4.78, 5) is 43.9. The van der Waals surface area contributed by atoms with Gasteiger partial charge in [-0.3, -0.25) is 34.5 Å². The zero-order valence-electron chi connectivity index (χ0n) is 15.2. The van der Waals surface area contributed by atoms with E-state index in [0.29, 0.717) is 37.3 Å². The van der Waals surface area contributed by atoms with Crippen LogP contribution < -0.4 is 10.6 Å². The molecule has 0 spiro atoms. The normalized spacial score (nSPS) is 21.7. The van der Waals surface area contributed by atoms with E-state index in [-0.39, 0.29) is 24.3 Å². The molecule has 1 aromatic heterocycles. The molecule has 0 aromatic carbocycles. The van der Waals surface area contributed by atoms with Crippen LogP contribution in [0.15, 0.2) is 18.3 Å². The summed E-state index contributed by atoms with van der Waals surface area (Å²) in [5.74, 6) is -1.11. The van der Waals surface area contributed by atoms with Crippen LogP contribution in [0.1, 0.15) is 24.5 Å². The molecule has 2 saturated heterocycles. The Kier molecular flexibility index (Phi) is 6.49. The molecule has 9 nitrogen and oxygen atoms in total. The third kappa shape index (κ3) is 5.31. The maximum Gasteiger partial charge on any atom is 0.238 e. The Hall–Kier alpha value is -2.36. The van der Waals surface area contributed by atoms with Crippen molar-refractivity contribution in [1.82, 2.24) is 20.1 Å². The number of anilines is 1. The molecule has 3 N–H and O–H groups in total. The maximum absolute atomic E-state index is 12.2. The third-order valence-corrected chi connectivity index (χ3v) is 4.91. The number of aromatic nitrogens is 1. The van der Waals surface area contributed by atoms with Crippen LogP contribution >= 0.6 is 0 Å². The van der Waals surface area contributed by atoms with Gasteiger partial charge in [0.15, 0.2) is 0 Å². The maximum atomic E-state index is 12.2. The number of aliphatic hydroxyl groups is 1. The van der Waals surface area contributed by atoms with Crippen molar-refractivity contribution in [3.8, 4) is 0 Å². The Morgan fingerprint density at radius 1 is 1.22 bits per heavy atom. The average Bonchev–Trinajstić information content (AvgIpc) is 2.64. The van der Waals surface area contributed by atoms with Gasteiger partial charge in [-0.05, 0) is 18.6 Å². The van der Waals surface area contributed by atoms with E-state index in [1.165, 1.54) is 6.20 Å². The monoisotopic (exact) mass is 375 g/mol. The van der Waals surface area contributed by atoms with Gasteiger partial charge < -0.3 is 10.4 Å². The number of carbonyl (C=O) groups is 3. The van der Waals surface area contributed by atoms with Crippen molar-refractivity contribution in [2.45, 2.75) is 18.8 Å². The molecule has 0 saturated carbocycles. The van der Waals surface area contributed by atoms with Gasteiger partial charge in [0.05, 0.1) is 36.6 Å². The number of rotatable bonds is 6. The van der Waals surface area contributed by atoms with Gasteiger partial charge in [-0.15, -0.1) is 0 Å². The Morgan fingerprint density at radius 3 is 2.59 bits per heavy atom. The highest BCUT2D eigenvalue weighted by Crippen LogP contribution is 2.23. The van der Waals surface area contributed by atoms with Gasteiger partial charge >= 0.3 is 0 Å². The molecule has 3 rings (SSSR count). The van der Waals surface area contributed by atoms with E-state index < -0.39 is 5.92 Å². The van der Waals surface area contributed by atoms with E-state index in [0.717, 1.165) is 26.2 Å². The number of pyridine rings is 1. The number of piperazine rings is 1. The molecule has 1 unspecified atom stereocenters. The largest absolute Gasteiger partial charge is 0.395 e. The molecule has 1 aromatic rings. The molecule has 27 heavy (non-hydrogen) atoms. The molecule has 0 bridgehead atoms. The molecule has 2 aliphatic heterocycles. The number of nitrogens with zero attached hydrogens (tertiary/aromatic N) is 3. The summed E-state index contributed by atoms with van der Waals surface area (Å²) in [6.07, 6.45) is 2.30. The fraction of sp³-hybridized carbons (Fsp3) is 0.556. The van der Waals surface area contributed by atoms with Gasteiger partial charge in [-0.25, -0.2) is 0 Å². The number of β-amino-alcohol motifs (C(OH)–C–C–N with tert-alkyl or cyclic N) is 1. The van der Waals surface area contributed by atoms with Crippen molar-refractivity contribution in [3.63, 3.8) is 0 Å². The van der Waals surface area contributed by atoms with Crippen molar-refractivity contribution >= 4 is 23.4 Å². The quantitative estimate of drug-likeness (QED) is 0.555. The van der Waals surface area contributed by atoms with Crippen LogP contribution in [0.4, 0.5) is 5.69 Å². The van der Waals surface area contributed by atoms with Gasteiger partial charge in [-0.2, -0.15) is 0 Å². The van der Waals surface area contributed by atoms with Crippen LogP contribution in [0.25, 0.3) is 0 Å². The second-order valence-corrected chi connectivity index (χ2v) is 6.86. The summed E-state index contributed by atoms with van der Waals surface area (Å²) < 4.78 is 0. The molecule has 3 heterocycles. The summed E-state index contributed by atoms with van der Waals surface area (Å²) in [6.45, 7) is 4.40. The predicted octanol–water partition coefficient (Wildman–Crippen LogP) is -0.850. The van der Waals surface area contributed by atoms with Crippen LogP contribution in [0, 0.1) is 0 Å². The number of imide groups is 1. The van der Waals surface area contributed by atoms with E-state index in [1.54, 1.807) is 12.1 Å². The first-order valence-corrected chi connectivity index (χ1v) is 9.20. The van der Waals surface area contributed by atoms with Crippen molar-refractivity contribution in [2.24, 2.45) is 0 Å². The van der Waals surface area contributed by atoms with Crippen LogP contribution in [0.3, 0.4) is 0 Å². The van der Waals surface area contributed by atoms with E-state index in [4.69, 9.17) is 5.11 Å². The van der Waals surface area contributed by atoms with E-state index >= 15 is 0 Å². The SMILES string of the molecule is O=C1CCC(c2ccc(NC(=O)CN3CCN(CCO)CC3)cn2)C(=O)N1. The summed E-state index contributed by atoms with van der Waals surface area (Å²) in [5, 5.41) is 14.1. The van der Waals surface area contributed by atoms with Crippen molar-refractivity contribution in [1.29, 1.82) is 0 Å². The summed E-state index contributed by atoms with van der Waals surface area (Å²) in [5.41, 5.74) is 1.17. The lowest BCUT2D eigenvalue weighted by atomic mass is 9.94. The Morgan fingerprint density at radius 2 is 1.96 bits per heavy atom. The lowest BCUT2D eigenvalue weighted by molar-refractivity contribution is -0.134. The summed E-state index contributed by atoms with van der Waals surface area (Å²) in [6, 6.07) is 3.44. The number of amides is 3. The fourth-order valence-electron chi connectivity index (χ4n) is 3.38. The molecule has 0 aliphatic carbocycles. The van der Waals surface area contributed by atoms with Crippen LogP contribution in [0.2, 0.25) is 0 Å². The van der Waals surface area contributed by atoms with E-state index in [2.05, 4.69) is 25.4 Å². The predicted molar refractivity (Wildman–Crippen MR) is 98.0 cm³/mol.